The van der Waals surface area contributed by atoms with Crippen LogP contribution in [0.25, 0.3) is 11.0 Å². The fourth-order valence-corrected chi connectivity index (χ4v) is 4.16. The minimum absolute atomic E-state index is 0.110. The van der Waals surface area contributed by atoms with Crippen molar-refractivity contribution >= 4 is 22.8 Å². The van der Waals surface area contributed by atoms with Crippen LogP contribution in [0.1, 0.15) is 38.6 Å². The van der Waals surface area contributed by atoms with E-state index in [1.807, 2.05) is 75.7 Å². The van der Waals surface area contributed by atoms with Gasteiger partial charge < -0.3 is 19.2 Å². The Balaban J connectivity index is 1.51. The molecule has 0 spiro atoms. The molecule has 6 heteroatoms. The molecule has 1 N–H and O–H groups in total. The van der Waals surface area contributed by atoms with Crippen LogP contribution < -0.4 is 5.32 Å². The average Bonchev–Trinajstić information content (AvgIpc) is 3.41. The molecule has 0 saturated heterocycles. The number of para-hydroxylation sites is 1. The van der Waals surface area contributed by atoms with Gasteiger partial charge in [-0.1, -0.05) is 48.5 Å². The van der Waals surface area contributed by atoms with Gasteiger partial charge in [0.2, 0.25) is 0 Å². The first-order chi connectivity index (χ1) is 16.0. The summed E-state index contributed by atoms with van der Waals surface area (Å²) < 4.78 is 7.71. The van der Waals surface area contributed by atoms with Crippen molar-refractivity contribution in [2.75, 3.05) is 13.6 Å². The van der Waals surface area contributed by atoms with Crippen molar-refractivity contribution in [3.05, 3.63) is 95.5 Å². The SMILES string of the molecule is Cc1c(C(=O)N(C)[C@H](CCNC(=O)c2cccn2C)Cc2ccccc2)oc2ccccc12. The van der Waals surface area contributed by atoms with E-state index in [4.69, 9.17) is 4.42 Å². The second-order valence-electron chi connectivity index (χ2n) is 8.36. The highest BCUT2D eigenvalue weighted by Gasteiger charge is 2.26. The lowest BCUT2D eigenvalue weighted by atomic mass is 10.0. The second kappa shape index (κ2) is 9.77. The molecule has 0 radical (unpaired) electrons. The second-order valence-corrected chi connectivity index (χ2v) is 8.36. The Morgan fingerprint density at radius 2 is 1.76 bits per heavy atom. The molecule has 33 heavy (non-hydrogen) atoms. The largest absolute Gasteiger partial charge is 0.451 e. The van der Waals surface area contributed by atoms with E-state index >= 15 is 0 Å². The van der Waals surface area contributed by atoms with Gasteiger partial charge >= 0.3 is 0 Å². The molecule has 0 aliphatic rings. The molecular formula is C27H29N3O3. The highest BCUT2D eigenvalue weighted by atomic mass is 16.3. The summed E-state index contributed by atoms with van der Waals surface area (Å²) in [7, 11) is 3.65. The van der Waals surface area contributed by atoms with Crippen LogP contribution in [-0.4, -0.2) is 40.9 Å². The number of rotatable bonds is 8. The van der Waals surface area contributed by atoms with Crippen LogP contribution in [0.3, 0.4) is 0 Å². The molecule has 0 fully saturated rings. The summed E-state index contributed by atoms with van der Waals surface area (Å²) in [5.41, 5.74) is 3.30. The Bertz CT molecular complexity index is 1260. The van der Waals surface area contributed by atoms with Gasteiger partial charge in [0.15, 0.2) is 5.76 Å². The van der Waals surface area contributed by atoms with Gasteiger partial charge in [0.05, 0.1) is 0 Å². The summed E-state index contributed by atoms with van der Waals surface area (Å²) in [6.45, 7) is 2.37. The molecule has 2 aromatic carbocycles. The van der Waals surface area contributed by atoms with Gasteiger partial charge in [0.25, 0.3) is 11.8 Å². The van der Waals surface area contributed by atoms with Gasteiger partial charge in [-0.25, -0.2) is 0 Å². The number of nitrogens with zero attached hydrogens (tertiary/aromatic N) is 2. The standard InChI is InChI=1S/C27H29N3O3/c1-19-22-12-7-8-14-24(22)33-25(19)27(32)30(3)21(18-20-10-5-4-6-11-20)15-16-28-26(31)23-13-9-17-29(23)2/h4-14,17,21H,15-16,18H2,1-3H3,(H,28,31)/t21-/m1/s1. The van der Waals surface area contributed by atoms with Crippen LogP contribution in [0.5, 0.6) is 0 Å². The Morgan fingerprint density at radius 3 is 2.45 bits per heavy atom. The maximum atomic E-state index is 13.4. The van der Waals surface area contributed by atoms with Crippen molar-refractivity contribution in [3.63, 3.8) is 0 Å². The lowest BCUT2D eigenvalue weighted by Gasteiger charge is -2.28. The molecule has 0 aliphatic heterocycles. The van der Waals surface area contributed by atoms with Crippen LogP contribution in [0.2, 0.25) is 0 Å². The monoisotopic (exact) mass is 443 g/mol. The minimum atomic E-state index is -0.154. The maximum absolute atomic E-state index is 13.4. The zero-order valence-electron chi connectivity index (χ0n) is 19.2. The van der Waals surface area contributed by atoms with Crippen LogP contribution in [-0.2, 0) is 13.5 Å². The first-order valence-corrected chi connectivity index (χ1v) is 11.1. The fourth-order valence-electron chi connectivity index (χ4n) is 4.16. The molecular weight excluding hydrogens is 414 g/mol. The molecule has 1 atom stereocenters. The van der Waals surface area contributed by atoms with Crippen molar-refractivity contribution in [2.24, 2.45) is 7.05 Å². The molecule has 0 unspecified atom stereocenters. The number of fused-ring (bicyclic) bond motifs is 1. The van der Waals surface area contributed by atoms with E-state index in [0.717, 1.165) is 16.5 Å². The quantitative estimate of drug-likeness (QED) is 0.433. The Labute approximate surface area is 193 Å². The first kappa shape index (κ1) is 22.4. The summed E-state index contributed by atoms with van der Waals surface area (Å²) >= 11 is 0. The topological polar surface area (TPSA) is 67.5 Å². The van der Waals surface area contributed by atoms with Gasteiger partial charge in [-0.05, 0) is 43.5 Å². The number of benzene rings is 2. The zero-order valence-corrected chi connectivity index (χ0v) is 19.2. The van der Waals surface area contributed by atoms with Crippen molar-refractivity contribution in [3.8, 4) is 0 Å². The Morgan fingerprint density at radius 1 is 1.03 bits per heavy atom. The zero-order chi connectivity index (χ0) is 23.4. The Hall–Kier alpha value is -3.80. The highest BCUT2D eigenvalue weighted by Crippen LogP contribution is 2.26. The van der Waals surface area contributed by atoms with E-state index in [-0.39, 0.29) is 17.9 Å². The molecule has 0 aliphatic carbocycles. The molecule has 170 valence electrons. The summed E-state index contributed by atoms with van der Waals surface area (Å²) in [5.74, 6) is 0.0890. The summed E-state index contributed by atoms with van der Waals surface area (Å²) in [6.07, 6.45) is 3.14. The van der Waals surface area contributed by atoms with Gasteiger partial charge in [0.1, 0.15) is 11.3 Å². The summed E-state index contributed by atoms with van der Waals surface area (Å²) in [4.78, 5) is 27.7. The van der Waals surface area contributed by atoms with Crippen LogP contribution >= 0.6 is 0 Å². The van der Waals surface area contributed by atoms with Crippen LogP contribution in [0.4, 0.5) is 0 Å². The Kier molecular flexibility index (Phi) is 6.63. The van der Waals surface area contributed by atoms with Crippen molar-refractivity contribution in [1.82, 2.24) is 14.8 Å². The van der Waals surface area contributed by atoms with Gasteiger partial charge in [-0.3, -0.25) is 9.59 Å². The number of hydrogen-bond acceptors (Lipinski definition) is 3. The molecule has 2 amide bonds. The smallest absolute Gasteiger partial charge is 0.289 e. The lowest BCUT2D eigenvalue weighted by molar-refractivity contribution is 0.0692. The summed E-state index contributed by atoms with van der Waals surface area (Å²) in [6, 6.07) is 21.3. The molecule has 2 aromatic heterocycles. The van der Waals surface area contributed by atoms with Crippen molar-refractivity contribution < 1.29 is 14.0 Å². The predicted octanol–water partition coefficient (Wildman–Crippen LogP) is 4.58. The van der Waals surface area contributed by atoms with E-state index < -0.39 is 0 Å². The van der Waals surface area contributed by atoms with E-state index in [1.165, 1.54) is 0 Å². The number of hydrogen-bond donors (Lipinski definition) is 1. The van der Waals surface area contributed by atoms with E-state index in [9.17, 15) is 9.59 Å². The van der Waals surface area contributed by atoms with Crippen molar-refractivity contribution in [2.45, 2.75) is 25.8 Å². The number of aryl methyl sites for hydroxylation is 2. The molecule has 0 bridgehead atoms. The maximum Gasteiger partial charge on any atom is 0.289 e. The van der Waals surface area contributed by atoms with Crippen LogP contribution in [0.15, 0.2) is 77.3 Å². The third-order valence-corrected chi connectivity index (χ3v) is 6.16. The molecule has 4 aromatic rings. The van der Waals surface area contributed by atoms with E-state index in [1.54, 1.807) is 15.5 Å². The van der Waals surface area contributed by atoms with Gasteiger partial charge in [-0.2, -0.15) is 0 Å². The summed E-state index contributed by atoms with van der Waals surface area (Å²) in [5, 5.41) is 3.94. The normalized spacial score (nSPS) is 12.0. The van der Waals surface area contributed by atoms with Crippen molar-refractivity contribution in [1.29, 1.82) is 0 Å². The van der Waals surface area contributed by atoms with E-state index in [2.05, 4.69) is 17.4 Å². The lowest BCUT2D eigenvalue weighted by Crippen LogP contribution is -2.41. The molecule has 4 rings (SSSR count). The third kappa shape index (κ3) is 4.85. The van der Waals surface area contributed by atoms with Gasteiger partial charge in [-0.15, -0.1) is 0 Å². The molecule has 6 nitrogen and oxygen atoms in total. The fraction of sp³-hybridized carbons (Fsp3) is 0.259. The number of likely N-dealkylation sites (N-methyl/N-ethyl adjacent to an activating group) is 1. The number of furan rings is 1. The van der Waals surface area contributed by atoms with Crippen LogP contribution in [0, 0.1) is 6.92 Å². The third-order valence-electron chi connectivity index (χ3n) is 6.16. The minimum Gasteiger partial charge on any atom is -0.451 e. The molecule has 2 heterocycles. The average molecular weight is 444 g/mol. The van der Waals surface area contributed by atoms with E-state index in [0.29, 0.717) is 36.4 Å². The number of nitrogens with one attached hydrogen (secondary N) is 1. The number of carbonyl (C=O) groups is 2. The molecule has 0 saturated carbocycles. The number of amides is 2. The highest BCUT2D eigenvalue weighted by molar-refractivity contribution is 5.99. The first-order valence-electron chi connectivity index (χ1n) is 11.1. The predicted molar refractivity (Wildman–Crippen MR) is 129 cm³/mol. The van der Waals surface area contributed by atoms with Gasteiger partial charge in [0, 0.05) is 43.8 Å². The number of aromatic nitrogens is 1. The number of carbonyl (C=O) groups excluding carboxylic acids is 2.